The Kier molecular flexibility index (Phi) is 3.28. The Morgan fingerprint density at radius 1 is 1.20 bits per heavy atom. The number of aryl methyl sites for hydroxylation is 1. The second kappa shape index (κ2) is 5.09. The second-order valence-corrected chi connectivity index (χ2v) is 4.80. The van der Waals surface area contributed by atoms with E-state index < -0.39 is 0 Å². The molecule has 102 valence electrons. The van der Waals surface area contributed by atoms with Gasteiger partial charge in [0.05, 0.1) is 19.9 Å². The van der Waals surface area contributed by atoms with Gasteiger partial charge in [-0.05, 0) is 24.6 Å². The molecule has 0 aliphatic carbocycles. The van der Waals surface area contributed by atoms with Gasteiger partial charge < -0.3 is 4.74 Å². The maximum absolute atomic E-state index is 6.19. The van der Waals surface area contributed by atoms with E-state index in [2.05, 4.69) is 15.1 Å². The average molecular weight is 289 g/mol. The number of aromatic nitrogens is 4. The average Bonchev–Trinajstić information content (AvgIpc) is 2.82. The first-order valence-corrected chi connectivity index (χ1v) is 6.54. The van der Waals surface area contributed by atoms with Crippen LogP contribution in [0.1, 0.15) is 11.4 Å². The zero-order valence-electron chi connectivity index (χ0n) is 11.2. The lowest BCUT2D eigenvalue weighted by Gasteiger charge is -2.06. The molecule has 0 atom stereocenters. The molecule has 0 amide bonds. The summed E-state index contributed by atoms with van der Waals surface area (Å²) in [7, 11) is 1.65. The van der Waals surface area contributed by atoms with Crippen molar-refractivity contribution >= 4 is 22.6 Å². The van der Waals surface area contributed by atoms with Crippen LogP contribution in [0.4, 0.5) is 0 Å². The van der Waals surface area contributed by atoms with E-state index in [0.29, 0.717) is 17.5 Å². The van der Waals surface area contributed by atoms with Crippen molar-refractivity contribution in [3.63, 3.8) is 0 Å². The van der Waals surface area contributed by atoms with Gasteiger partial charge in [0.2, 0.25) is 0 Å². The van der Waals surface area contributed by atoms with Crippen molar-refractivity contribution in [2.75, 3.05) is 7.11 Å². The number of hydrogen-bond donors (Lipinski definition) is 0. The monoisotopic (exact) mass is 288 g/mol. The summed E-state index contributed by atoms with van der Waals surface area (Å²) in [5.41, 5.74) is 2.62. The lowest BCUT2D eigenvalue weighted by molar-refractivity contribution is 0.414. The van der Waals surface area contributed by atoms with E-state index >= 15 is 0 Å². The number of benzene rings is 1. The summed E-state index contributed by atoms with van der Waals surface area (Å²) in [4.78, 5) is 8.50. The first-order valence-electron chi connectivity index (χ1n) is 6.16. The third-order valence-corrected chi connectivity index (χ3v) is 3.31. The number of fused-ring (bicyclic) bond motifs is 1. The van der Waals surface area contributed by atoms with Crippen molar-refractivity contribution in [1.29, 1.82) is 0 Å². The molecule has 5 nitrogen and oxygen atoms in total. The van der Waals surface area contributed by atoms with Crippen LogP contribution in [-0.4, -0.2) is 26.9 Å². The summed E-state index contributed by atoms with van der Waals surface area (Å²) in [5, 5.41) is 4.76. The highest BCUT2D eigenvalue weighted by Crippen LogP contribution is 2.21. The molecule has 0 bridgehead atoms. The van der Waals surface area contributed by atoms with Crippen molar-refractivity contribution < 1.29 is 4.74 Å². The van der Waals surface area contributed by atoms with Crippen molar-refractivity contribution in [2.24, 2.45) is 0 Å². The quantitative estimate of drug-likeness (QED) is 0.696. The predicted octanol–water partition coefficient (Wildman–Crippen LogP) is 2.85. The van der Waals surface area contributed by atoms with E-state index in [9.17, 15) is 0 Å². The van der Waals surface area contributed by atoms with Gasteiger partial charge in [0, 0.05) is 0 Å². The zero-order valence-corrected chi connectivity index (χ0v) is 11.9. The fraction of sp³-hybridized carbons (Fsp3) is 0.214. The van der Waals surface area contributed by atoms with Crippen LogP contribution >= 0.6 is 11.6 Å². The molecule has 3 rings (SSSR count). The minimum absolute atomic E-state index is 0.429. The van der Waals surface area contributed by atoms with Crippen molar-refractivity contribution in [1.82, 2.24) is 19.7 Å². The molecule has 0 unspecified atom stereocenters. The first kappa shape index (κ1) is 12.9. The van der Waals surface area contributed by atoms with E-state index in [1.807, 2.05) is 31.2 Å². The molecule has 2 aromatic heterocycles. The number of nitrogens with zero attached hydrogens (tertiary/aromatic N) is 4. The highest BCUT2D eigenvalue weighted by Gasteiger charge is 2.10. The van der Waals surface area contributed by atoms with Crippen molar-refractivity contribution in [3.8, 4) is 5.75 Å². The van der Waals surface area contributed by atoms with Gasteiger partial charge in [-0.1, -0.05) is 23.7 Å². The van der Waals surface area contributed by atoms with Crippen LogP contribution in [0.2, 0.25) is 5.15 Å². The molecule has 2 heterocycles. The zero-order chi connectivity index (χ0) is 14.1. The van der Waals surface area contributed by atoms with Crippen LogP contribution in [0, 0.1) is 6.92 Å². The number of rotatable bonds is 3. The second-order valence-electron chi connectivity index (χ2n) is 4.45. The molecule has 0 saturated carbocycles. The molecule has 6 heteroatoms. The van der Waals surface area contributed by atoms with E-state index in [1.165, 1.54) is 0 Å². The minimum atomic E-state index is 0.429. The fourth-order valence-electron chi connectivity index (χ4n) is 2.09. The normalized spacial score (nSPS) is 10.9. The highest BCUT2D eigenvalue weighted by molar-refractivity contribution is 6.33. The number of halogens is 1. The summed E-state index contributed by atoms with van der Waals surface area (Å²) in [6, 6.07) is 7.83. The van der Waals surface area contributed by atoms with Gasteiger partial charge in [-0.15, -0.1) is 0 Å². The third kappa shape index (κ3) is 2.32. The van der Waals surface area contributed by atoms with Crippen LogP contribution < -0.4 is 4.74 Å². The van der Waals surface area contributed by atoms with Crippen LogP contribution in [0.5, 0.6) is 5.75 Å². The van der Waals surface area contributed by atoms with Gasteiger partial charge in [0.1, 0.15) is 22.6 Å². The van der Waals surface area contributed by atoms with Crippen molar-refractivity contribution in [2.45, 2.75) is 13.5 Å². The topological polar surface area (TPSA) is 52.8 Å². The van der Waals surface area contributed by atoms with E-state index in [-0.39, 0.29) is 0 Å². The number of methoxy groups -OCH3 is 1. The maximum atomic E-state index is 6.19. The molecule has 0 N–H and O–H groups in total. The molecular formula is C14H13ClN4O. The van der Waals surface area contributed by atoms with E-state index in [1.54, 1.807) is 18.0 Å². The Labute approximate surface area is 121 Å². The predicted molar refractivity (Wildman–Crippen MR) is 77.2 cm³/mol. The maximum Gasteiger partial charge on any atom is 0.158 e. The van der Waals surface area contributed by atoms with Gasteiger partial charge in [-0.3, -0.25) is 4.68 Å². The van der Waals surface area contributed by atoms with Gasteiger partial charge in [-0.25, -0.2) is 9.97 Å². The first-order chi connectivity index (χ1) is 9.67. The third-order valence-electron chi connectivity index (χ3n) is 3.05. The summed E-state index contributed by atoms with van der Waals surface area (Å²) in [6.07, 6.45) is 1.71. The molecule has 0 fully saturated rings. The Morgan fingerprint density at radius 3 is 2.65 bits per heavy atom. The number of ether oxygens (including phenoxy) is 1. The molecule has 0 spiro atoms. The molecular weight excluding hydrogens is 276 g/mol. The molecule has 20 heavy (non-hydrogen) atoms. The Balaban J connectivity index is 1.98. The molecule has 0 radical (unpaired) electrons. The molecule has 0 aliphatic rings. The molecule has 3 aromatic rings. The standard InChI is InChI=1S/C14H13ClN4O/c1-9-17-12-7-16-19(13(12)14(15)18-9)8-10-3-5-11(20-2)6-4-10/h3-7H,8H2,1-2H3. The Morgan fingerprint density at radius 2 is 1.95 bits per heavy atom. The van der Waals surface area contributed by atoms with E-state index in [4.69, 9.17) is 16.3 Å². The van der Waals surface area contributed by atoms with Crippen LogP contribution in [-0.2, 0) is 6.54 Å². The molecule has 0 aliphatic heterocycles. The largest absolute Gasteiger partial charge is 0.497 e. The summed E-state index contributed by atoms with van der Waals surface area (Å²) < 4.78 is 6.95. The molecule has 1 aromatic carbocycles. The van der Waals surface area contributed by atoms with Crippen LogP contribution in [0.25, 0.3) is 11.0 Å². The van der Waals surface area contributed by atoms with Gasteiger partial charge in [-0.2, -0.15) is 5.10 Å². The van der Waals surface area contributed by atoms with Gasteiger partial charge in [0.15, 0.2) is 5.15 Å². The highest BCUT2D eigenvalue weighted by atomic mass is 35.5. The SMILES string of the molecule is COc1ccc(Cn2ncc3nc(C)nc(Cl)c32)cc1. The lowest BCUT2D eigenvalue weighted by atomic mass is 10.2. The van der Waals surface area contributed by atoms with Gasteiger partial charge in [0.25, 0.3) is 0 Å². The Bertz CT molecular complexity index is 752. The van der Waals surface area contributed by atoms with Crippen LogP contribution in [0.3, 0.4) is 0 Å². The smallest absolute Gasteiger partial charge is 0.158 e. The van der Waals surface area contributed by atoms with Crippen molar-refractivity contribution in [3.05, 3.63) is 47.0 Å². The lowest BCUT2D eigenvalue weighted by Crippen LogP contribution is -2.03. The summed E-state index contributed by atoms with van der Waals surface area (Å²) >= 11 is 6.19. The summed E-state index contributed by atoms with van der Waals surface area (Å²) in [5.74, 6) is 1.47. The summed E-state index contributed by atoms with van der Waals surface area (Å²) in [6.45, 7) is 2.42. The minimum Gasteiger partial charge on any atom is -0.497 e. The van der Waals surface area contributed by atoms with E-state index in [0.717, 1.165) is 22.3 Å². The Hall–Kier alpha value is -2.14. The molecule has 0 saturated heterocycles. The fourth-order valence-corrected chi connectivity index (χ4v) is 2.40. The number of hydrogen-bond acceptors (Lipinski definition) is 4. The van der Waals surface area contributed by atoms with Crippen LogP contribution in [0.15, 0.2) is 30.5 Å². The van der Waals surface area contributed by atoms with Gasteiger partial charge >= 0.3 is 0 Å².